The number of nitrogens with one attached hydrogen (secondary N) is 1. The van der Waals surface area contributed by atoms with Gasteiger partial charge in [0.2, 0.25) is 9.84 Å². The molecule has 0 saturated carbocycles. The van der Waals surface area contributed by atoms with E-state index in [-0.39, 0.29) is 9.79 Å². The molecule has 1 heterocycles. The van der Waals surface area contributed by atoms with E-state index in [1.54, 1.807) is 36.4 Å². The van der Waals surface area contributed by atoms with Crippen molar-refractivity contribution in [3.05, 3.63) is 57.5 Å². The van der Waals surface area contributed by atoms with Gasteiger partial charge in [0, 0.05) is 10.6 Å². The molecule has 0 aliphatic carbocycles. The van der Waals surface area contributed by atoms with Crippen molar-refractivity contribution >= 4 is 45.0 Å². The molecule has 2 aromatic carbocycles. The number of hydrogen-bond donors (Lipinski definition) is 1. The molecule has 1 N–H and O–H groups in total. The summed E-state index contributed by atoms with van der Waals surface area (Å²) in [6.45, 7) is 0. The number of sulfone groups is 1. The minimum atomic E-state index is -3.55. The quantitative estimate of drug-likeness (QED) is 0.698. The molecule has 0 amide bonds. The summed E-state index contributed by atoms with van der Waals surface area (Å²) in [5.41, 5.74) is 0.812. The van der Waals surface area contributed by atoms with Gasteiger partial charge in [-0.05, 0) is 48.6 Å². The molecule has 0 radical (unpaired) electrons. The molecule has 3 aromatic rings. The van der Waals surface area contributed by atoms with E-state index in [1.807, 2.05) is 0 Å². The largest absolute Gasteiger partial charge is 0.258 e. The van der Waals surface area contributed by atoms with Crippen LogP contribution in [0.15, 0.2) is 58.3 Å². The summed E-state index contributed by atoms with van der Waals surface area (Å²) in [6.07, 6.45) is 0. The van der Waals surface area contributed by atoms with Crippen LogP contribution in [-0.2, 0) is 9.84 Å². The molecule has 0 atom stereocenters. The number of aromatic amines is 1. The molecule has 0 bridgehead atoms. The molecule has 0 spiro atoms. The minimum absolute atomic E-state index is 0.208. The van der Waals surface area contributed by atoms with Crippen molar-refractivity contribution in [2.24, 2.45) is 0 Å². The average Bonchev–Trinajstić information content (AvgIpc) is 2.94. The zero-order valence-electron chi connectivity index (χ0n) is 11.0. The smallest absolute Gasteiger partial charge is 0.206 e. The second-order valence-electron chi connectivity index (χ2n) is 4.40. The highest BCUT2D eigenvalue weighted by atomic mass is 35.5. The normalized spacial score (nSPS) is 11.5. The van der Waals surface area contributed by atoms with Gasteiger partial charge in [-0.25, -0.2) is 8.42 Å². The standard InChI is InChI=1S/C14H9ClN2O2S3/c15-10-3-7-12(8-4-10)22(18,19)11-5-1-9(2-6-11)13-16-17-14(20)21-13/h1-8H,(H,17,20). The molecule has 0 aliphatic rings. The van der Waals surface area contributed by atoms with Crippen LogP contribution in [0.5, 0.6) is 0 Å². The molecule has 0 saturated heterocycles. The van der Waals surface area contributed by atoms with Crippen LogP contribution >= 0.6 is 35.2 Å². The Kier molecular flexibility index (Phi) is 4.14. The van der Waals surface area contributed by atoms with Crippen molar-refractivity contribution in [2.75, 3.05) is 0 Å². The molecular formula is C14H9ClN2O2S3. The minimum Gasteiger partial charge on any atom is -0.258 e. The van der Waals surface area contributed by atoms with Gasteiger partial charge in [-0.2, -0.15) is 5.10 Å². The van der Waals surface area contributed by atoms with Crippen LogP contribution in [-0.4, -0.2) is 18.6 Å². The van der Waals surface area contributed by atoms with Crippen molar-refractivity contribution < 1.29 is 8.42 Å². The average molecular weight is 369 g/mol. The van der Waals surface area contributed by atoms with Gasteiger partial charge in [-0.15, -0.1) is 0 Å². The fourth-order valence-corrected chi connectivity index (χ4v) is 4.16. The molecule has 1 aromatic heterocycles. The summed E-state index contributed by atoms with van der Waals surface area (Å²) < 4.78 is 25.6. The Hall–Kier alpha value is -1.54. The monoisotopic (exact) mass is 368 g/mol. The molecule has 0 unspecified atom stereocenters. The van der Waals surface area contributed by atoms with Crippen molar-refractivity contribution in [3.8, 4) is 10.6 Å². The summed E-state index contributed by atoms with van der Waals surface area (Å²) in [5, 5.41) is 7.98. The van der Waals surface area contributed by atoms with Crippen LogP contribution in [0.25, 0.3) is 10.6 Å². The summed E-state index contributed by atoms with van der Waals surface area (Å²) >= 11 is 12.1. The van der Waals surface area contributed by atoms with E-state index in [0.717, 1.165) is 10.6 Å². The lowest BCUT2D eigenvalue weighted by atomic mass is 10.2. The van der Waals surface area contributed by atoms with E-state index in [4.69, 9.17) is 23.8 Å². The molecule has 22 heavy (non-hydrogen) atoms. The fraction of sp³-hybridized carbons (Fsp3) is 0. The van der Waals surface area contributed by atoms with Gasteiger partial charge in [0.25, 0.3) is 0 Å². The summed E-state index contributed by atoms with van der Waals surface area (Å²) in [5.74, 6) is 0. The molecule has 0 aliphatic heterocycles. The third kappa shape index (κ3) is 2.98. The second-order valence-corrected chi connectivity index (χ2v) is 8.45. The topological polar surface area (TPSA) is 62.8 Å². The lowest BCUT2D eigenvalue weighted by molar-refractivity contribution is 0.596. The highest BCUT2D eigenvalue weighted by molar-refractivity contribution is 7.91. The number of rotatable bonds is 3. The lowest BCUT2D eigenvalue weighted by Crippen LogP contribution is -2.01. The van der Waals surface area contributed by atoms with E-state index in [9.17, 15) is 8.42 Å². The van der Waals surface area contributed by atoms with E-state index < -0.39 is 9.84 Å². The van der Waals surface area contributed by atoms with Crippen LogP contribution in [0.3, 0.4) is 0 Å². The van der Waals surface area contributed by atoms with E-state index in [2.05, 4.69) is 10.2 Å². The first-order chi connectivity index (χ1) is 10.5. The Morgan fingerprint density at radius 1 is 1.00 bits per heavy atom. The number of hydrogen-bond acceptors (Lipinski definition) is 5. The van der Waals surface area contributed by atoms with Gasteiger partial charge in [-0.3, -0.25) is 5.10 Å². The summed E-state index contributed by atoms with van der Waals surface area (Å²) in [6, 6.07) is 12.6. The summed E-state index contributed by atoms with van der Waals surface area (Å²) in [7, 11) is -3.55. The number of halogens is 1. The molecule has 3 rings (SSSR count). The van der Waals surface area contributed by atoms with Crippen molar-refractivity contribution in [1.29, 1.82) is 0 Å². The zero-order valence-corrected chi connectivity index (χ0v) is 14.2. The number of benzene rings is 2. The van der Waals surface area contributed by atoms with Gasteiger partial charge < -0.3 is 0 Å². The molecule has 8 heteroatoms. The molecule has 4 nitrogen and oxygen atoms in total. The Labute approximate surface area is 141 Å². The summed E-state index contributed by atoms with van der Waals surface area (Å²) in [4.78, 5) is 0.429. The lowest BCUT2D eigenvalue weighted by Gasteiger charge is -2.05. The third-order valence-electron chi connectivity index (χ3n) is 2.97. The maximum atomic E-state index is 12.5. The van der Waals surface area contributed by atoms with Crippen LogP contribution in [0.1, 0.15) is 0 Å². The van der Waals surface area contributed by atoms with Crippen LogP contribution < -0.4 is 0 Å². The van der Waals surface area contributed by atoms with Crippen molar-refractivity contribution in [3.63, 3.8) is 0 Å². The van der Waals surface area contributed by atoms with Gasteiger partial charge in [0.15, 0.2) is 3.95 Å². The highest BCUT2D eigenvalue weighted by Crippen LogP contribution is 2.26. The molecule has 112 valence electrons. The zero-order chi connectivity index (χ0) is 15.7. The van der Waals surface area contributed by atoms with Gasteiger partial charge in [0.05, 0.1) is 9.79 Å². The van der Waals surface area contributed by atoms with Gasteiger partial charge >= 0.3 is 0 Å². The Morgan fingerprint density at radius 2 is 1.55 bits per heavy atom. The van der Waals surface area contributed by atoms with Gasteiger partial charge in [0.1, 0.15) is 5.01 Å². The maximum absolute atomic E-state index is 12.5. The highest BCUT2D eigenvalue weighted by Gasteiger charge is 2.17. The fourth-order valence-electron chi connectivity index (χ4n) is 1.88. The van der Waals surface area contributed by atoms with Crippen LogP contribution in [0.4, 0.5) is 0 Å². The first kappa shape index (κ1) is 15.4. The van der Waals surface area contributed by atoms with E-state index >= 15 is 0 Å². The molecular weight excluding hydrogens is 360 g/mol. The Balaban J connectivity index is 1.98. The van der Waals surface area contributed by atoms with Crippen molar-refractivity contribution in [2.45, 2.75) is 9.79 Å². The van der Waals surface area contributed by atoms with E-state index in [0.29, 0.717) is 8.98 Å². The van der Waals surface area contributed by atoms with Gasteiger partial charge in [-0.1, -0.05) is 35.1 Å². The third-order valence-corrected chi connectivity index (χ3v) is 6.15. The Morgan fingerprint density at radius 3 is 2.05 bits per heavy atom. The maximum Gasteiger partial charge on any atom is 0.206 e. The first-order valence-corrected chi connectivity index (χ1v) is 9.22. The van der Waals surface area contributed by atoms with Crippen LogP contribution in [0.2, 0.25) is 5.02 Å². The first-order valence-electron chi connectivity index (χ1n) is 6.13. The van der Waals surface area contributed by atoms with Crippen molar-refractivity contribution in [1.82, 2.24) is 10.2 Å². The predicted molar refractivity (Wildman–Crippen MR) is 89.6 cm³/mol. The van der Waals surface area contributed by atoms with E-state index in [1.165, 1.54) is 23.5 Å². The second kappa shape index (κ2) is 5.92. The number of H-pyrrole nitrogens is 1. The Bertz CT molecular complexity index is 958. The molecule has 0 fully saturated rings. The number of nitrogens with zero attached hydrogens (tertiary/aromatic N) is 1. The predicted octanol–water partition coefficient (Wildman–Crippen LogP) is 4.35. The number of aromatic nitrogens is 2. The SMILES string of the molecule is O=S(=O)(c1ccc(Cl)cc1)c1ccc(-c2n[nH]c(=S)s2)cc1. The van der Waals surface area contributed by atoms with Crippen LogP contribution in [0, 0.1) is 3.95 Å².